The van der Waals surface area contributed by atoms with Gasteiger partial charge in [-0.05, 0) is 6.92 Å². The Morgan fingerprint density at radius 2 is 1.95 bits per heavy atom. The van der Waals surface area contributed by atoms with Gasteiger partial charge in [-0.2, -0.15) is 0 Å². The van der Waals surface area contributed by atoms with Crippen LogP contribution in [0.3, 0.4) is 0 Å². The molecule has 1 saturated heterocycles. The van der Waals surface area contributed by atoms with Crippen molar-refractivity contribution in [3.05, 3.63) is 36.1 Å². The highest BCUT2D eigenvalue weighted by Gasteiger charge is 2.25. The molecule has 1 aliphatic heterocycles. The molecule has 0 bridgehead atoms. The van der Waals surface area contributed by atoms with Gasteiger partial charge in [-0.25, -0.2) is 9.97 Å². The lowest BCUT2D eigenvalue weighted by Crippen LogP contribution is -2.52. The molecular formula is C13H15ClN6. The first kappa shape index (κ1) is 13.1. The zero-order valence-corrected chi connectivity index (χ0v) is 11.9. The third kappa shape index (κ3) is 2.65. The molecule has 1 fully saturated rings. The van der Waals surface area contributed by atoms with Crippen LogP contribution in [0.2, 0.25) is 5.15 Å². The van der Waals surface area contributed by atoms with Gasteiger partial charge in [0.25, 0.3) is 0 Å². The van der Waals surface area contributed by atoms with Gasteiger partial charge in [-0.3, -0.25) is 9.97 Å². The van der Waals surface area contributed by atoms with E-state index in [-0.39, 0.29) is 0 Å². The molecule has 20 heavy (non-hydrogen) atoms. The second-order valence-electron chi connectivity index (χ2n) is 4.75. The molecule has 0 spiro atoms. The molecule has 1 unspecified atom stereocenters. The first-order valence-electron chi connectivity index (χ1n) is 6.49. The van der Waals surface area contributed by atoms with E-state index in [9.17, 15) is 0 Å². The normalized spacial score (nSPS) is 19.2. The van der Waals surface area contributed by atoms with Gasteiger partial charge in [-0.15, -0.1) is 0 Å². The van der Waals surface area contributed by atoms with Crippen molar-refractivity contribution in [3.63, 3.8) is 0 Å². The second-order valence-corrected chi connectivity index (χ2v) is 5.14. The molecule has 7 heteroatoms. The van der Waals surface area contributed by atoms with Crippen LogP contribution in [0.15, 0.2) is 31.0 Å². The molecule has 0 aliphatic carbocycles. The summed E-state index contributed by atoms with van der Waals surface area (Å²) in [7, 11) is 0. The Bertz CT molecular complexity index is 578. The monoisotopic (exact) mass is 290 g/mol. The van der Waals surface area contributed by atoms with Crippen LogP contribution in [0.25, 0.3) is 0 Å². The second kappa shape index (κ2) is 5.58. The van der Waals surface area contributed by atoms with E-state index in [1.54, 1.807) is 31.0 Å². The quantitative estimate of drug-likeness (QED) is 0.838. The predicted molar refractivity (Wildman–Crippen MR) is 78.1 cm³/mol. The van der Waals surface area contributed by atoms with Crippen molar-refractivity contribution in [2.24, 2.45) is 0 Å². The first-order valence-corrected chi connectivity index (χ1v) is 6.87. The maximum atomic E-state index is 5.90. The molecule has 1 aliphatic rings. The summed E-state index contributed by atoms with van der Waals surface area (Å²) in [6, 6.07) is 0.321. The molecule has 2 aromatic rings. The highest BCUT2D eigenvalue weighted by molar-refractivity contribution is 6.29. The lowest BCUT2D eigenvalue weighted by atomic mass is 10.2. The van der Waals surface area contributed by atoms with Gasteiger partial charge >= 0.3 is 0 Å². The number of anilines is 2. The maximum absolute atomic E-state index is 5.90. The molecule has 3 rings (SSSR count). The van der Waals surface area contributed by atoms with E-state index in [4.69, 9.17) is 11.6 Å². The minimum absolute atomic E-state index is 0.321. The lowest BCUT2D eigenvalue weighted by Gasteiger charge is -2.40. The summed E-state index contributed by atoms with van der Waals surface area (Å²) in [5, 5.41) is 0.423. The average Bonchev–Trinajstić information content (AvgIpc) is 2.48. The number of hydrogen-bond acceptors (Lipinski definition) is 6. The Hall–Kier alpha value is -1.95. The molecule has 0 aromatic carbocycles. The predicted octanol–water partition coefficient (Wildman–Crippen LogP) is 1.64. The van der Waals surface area contributed by atoms with E-state index in [0.29, 0.717) is 11.2 Å². The first-order chi connectivity index (χ1) is 9.74. The van der Waals surface area contributed by atoms with E-state index in [1.807, 2.05) is 0 Å². The van der Waals surface area contributed by atoms with Crippen LogP contribution < -0.4 is 9.80 Å². The molecule has 3 heterocycles. The van der Waals surface area contributed by atoms with Gasteiger partial charge in [0.1, 0.15) is 16.8 Å². The SMILES string of the molecule is CC1CN(c2cncc(Cl)n2)CCN1c1cnccn1. The molecule has 0 amide bonds. The van der Waals surface area contributed by atoms with Gasteiger partial charge in [0, 0.05) is 38.1 Å². The number of aromatic nitrogens is 4. The van der Waals surface area contributed by atoms with Gasteiger partial charge in [-0.1, -0.05) is 11.6 Å². The van der Waals surface area contributed by atoms with Crippen molar-refractivity contribution in [1.82, 2.24) is 19.9 Å². The van der Waals surface area contributed by atoms with Crippen molar-refractivity contribution in [2.45, 2.75) is 13.0 Å². The molecule has 0 N–H and O–H groups in total. The Balaban J connectivity index is 1.74. The fourth-order valence-corrected chi connectivity index (χ4v) is 2.57. The Morgan fingerprint density at radius 1 is 1.10 bits per heavy atom. The van der Waals surface area contributed by atoms with Gasteiger partial charge < -0.3 is 9.80 Å². The number of halogens is 1. The molecule has 0 radical (unpaired) electrons. The molecule has 6 nitrogen and oxygen atoms in total. The third-order valence-corrected chi connectivity index (χ3v) is 3.57. The van der Waals surface area contributed by atoms with Gasteiger partial charge in [0.15, 0.2) is 0 Å². The molecule has 2 aromatic heterocycles. The summed E-state index contributed by atoms with van der Waals surface area (Å²) in [4.78, 5) is 21.3. The minimum atomic E-state index is 0.321. The van der Waals surface area contributed by atoms with Crippen molar-refractivity contribution in [2.75, 3.05) is 29.4 Å². The summed E-state index contributed by atoms with van der Waals surface area (Å²) in [6.07, 6.45) is 8.50. The topological polar surface area (TPSA) is 58.0 Å². The van der Waals surface area contributed by atoms with E-state index < -0.39 is 0 Å². The Kier molecular flexibility index (Phi) is 3.64. The highest BCUT2D eigenvalue weighted by atomic mass is 35.5. The van der Waals surface area contributed by atoms with Gasteiger partial charge in [0.05, 0.1) is 18.6 Å². The largest absolute Gasteiger partial charge is 0.351 e. The number of piperazine rings is 1. The molecule has 1 atom stereocenters. The van der Waals surface area contributed by atoms with Crippen molar-refractivity contribution >= 4 is 23.2 Å². The van der Waals surface area contributed by atoms with Crippen molar-refractivity contribution in [1.29, 1.82) is 0 Å². The van der Waals surface area contributed by atoms with Crippen LogP contribution in [0, 0.1) is 0 Å². The molecular weight excluding hydrogens is 276 g/mol. The zero-order valence-electron chi connectivity index (χ0n) is 11.1. The lowest BCUT2D eigenvalue weighted by molar-refractivity contribution is 0.541. The maximum Gasteiger partial charge on any atom is 0.149 e. The van der Waals surface area contributed by atoms with E-state index in [2.05, 4.69) is 36.7 Å². The van der Waals surface area contributed by atoms with Crippen LogP contribution in [-0.4, -0.2) is 45.6 Å². The van der Waals surface area contributed by atoms with Crippen molar-refractivity contribution in [3.8, 4) is 0 Å². The van der Waals surface area contributed by atoms with E-state index in [0.717, 1.165) is 31.3 Å². The highest BCUT2D eigenvalue weighted by Crippen LogP contribution is 2.21. The smallest absolute Gasteiger partial charge is 0.149 e. The zero-order chi connectivity index (χ0) is 13.9. The number of rotatable bonds is 2. The fraction of sp³-hybridized carbons (Fsp3) is 0.385. The third-order valence-electron chi connectivity index (χ3n) is 3.39. The number of nitrogens with zero attached hydrogens (tertiary/aromatic N) is 6. The summed E-state index contributed by atoms with van der Waals surface area (Å²) < 4.78 is 0. The fourth-order valence-electron chi connectivity index (χ4n) is 2.43. The summed E-state index contributed by atoms with van der Waals surface area (Å²) in [5.41, 5.74) is 0. The summed E-state index contributed by atoms with van der Waals surface area (Å²) in [5.74, 6) is 1.74. The minimum Gasteiger partial charge on any atom is -0.351 e. The van der Waals surface area contributed by atoms with E-state index >= 15 is 0 Å². The van der Waals surface area contributed by atoms with Crippen LogP contribution >= 0.6 is 11.6 Å². The van der Waals surface area contributed by atoms with Crippen LogP contribution in [-0.2, 0) is 0 Å². The number of hydrogen-bond donors (Lipinski definition) is 0. The van der Waals surface area contributed by atoms with Crippen LogP contribution in [0.1, 0.15) is 6.92 Å². The van der Waals surface area contributed by atoms with Crippen molar-refractivity contribution < 1.29 is 0 Å². The Morgan fingerprint density at radius 3 is 2.65 bits per heavy atom. The van der Waals surface area contributed by atoms with Crippen LogP contribution in [0.5, 0.6) is 0 Å². The summed E-state index contributed by atoms with van der Waals surface area (Å²) in [6.45, 7) is 4.74. The van der Waals surface area contributed by atoms with Gasteiger partial charge in [0.2, 0.25) is 0 Å². The Labute approximate surface area is 122 Å². The van der Waals surface area contributed by atoms with Crippen LogP contribution in [0.4, 0.5) is 11.6 Å². The average molecular weight is 291 g/mol. The summed E-state index contributed by atoms with van der Waals surface area (Å²) >= 11 is 5.90. The standard InChI is InChI=1S/C13H15ClN6/c1-10-9-19(13-8-16-6-11(14)18-13)4-5-20(10)12-7-15-2-3-17-12/h2-3,6-8,10H,4-5,9H2,1H3. The molecule has 0 saturated carbocycles. The van der Waals surface area contributed by atoms with E-state index in [1.165, 1.54) is 0 Å². The molecule has 104 valence electrons.